The van der Waals surface area contributed by atoms with Crippen LogP contribution < -0.4 is 15.9 Å². The molecule has 3 aromatic rings. The van der Waals surface area contributed by atoms with Crippen LogP contribution in [0.5, 0.6) is 0 Å². The molecule has 3 aromatic heterocycles. The molecule has 1 aliphatic rings. The number of pyridine rings is 2. The van der Waals surface area contributed by atoms with Gasteiger partial charge in [-0.05, 0) is 50.0 Å². The molecule has 0 radical (unpaired) electrons. The molecule has 0 saturated carbocycles. The highest BCUT2D eigenvalue weighted by Gasteiger charge is 2.27. The molecule has 0 aromatic carbocycles. The summed E-state index contributed by atoms with van der Waals surface area (Å²) in [4.78, 5) is 40.2. The molecular formula is C28H30ClFN6O3. The zero-order valence-electron chi connectivity index (χ0n) is 21.8. The Labute approximate surface area is 230 Å². The molecule has 4 rings (SSSR count). The Morgan fingerprint density at radius 2 is 2.18 bits per heavy atom. The van der Waals surface area contributed by atoms with Crippen molar-refractivity contribution in [2.24, 2.45) is 0 Å². The van der Waals surface area contributed by atoms with E-state index < -0.39 is 11.5 Å². The summed E-state index contributed by atoms with van der Waals surface area (Å²) in [5, 5.41) is 13.7. The van der Waals surface area contributed by atoms with Crippen LogP contribution in [0.15, 0.2) is 59.5 Å². The summed E-state index contributed by atoms with van der Waals surface area (Å²) in [5.74, 6) is -0.147. The van der Waals surface area contributed by atoms with Gasteiger partial charge in [-0.1, -0.05) is 30.7 Å². The second-order valence-corrected chi connectivity index (χ2v) is 9.55. The van der Waals surface area contributed by atoms with E-state index in [0.29, 0.717) is 55.8 Å². The quantitative estimate of drug-likeness (QED) is 0.259. The standard InChI is InChI=1S/C28H30ClFN6O3/c1-4-6-13-35(17(3)15-31-16-37)26-19-14-20(29)24(23-21(30)10-7-11-22(23)38)33-27(19)36(28(39)34-26)25-18(5-2)9-8-12-32-25/h4,8-10,12,14,16-17,38H,1,5-7,11,13,15H2,2-3H3,(H,31,37). The number of aryl methyl sites for hydroxylation is 1. The first-order valence-electron chi connectivity index (χ1n) is 12.7. The molecule has 1 amide bonds. The highest BCUT2D eigenvalue weighted by atomic mass is 35.5. The number of rotatable bonds is 11. The first-order valence-corrected chi connectivity index (χ1v) is 13.1. The van der Waals surface area contributed by atoms with Crippen molar-refractivity contribution in [3.05, 3.63) is 81.5 Å². The minimum absolute atomic E-state index is 0.0164. The topological polar surface area (TPSA) is 113 Å². The molecule has 0 saturated heterocycles. The summed E-state index contributed by atoms with van der Waals surface area (Å²) in [5.41, 5.74) is 0.225. The summed E-state index contributed by atoms with van der Waals surface area (Å²) in [6, 6.07) is 4.95. The van der Waals surface area contributed by atoms with Gasteiger partial charge in [0.1, 0.15) is 23.2 Å². The van der Waals surface area contributed by atoms with E-state index in [1.54, 1.807) is 24.4 Å². The average Bonchev–Trinajstić information content (AvgIpc) is 2.92. The highest BCUT2D eigenvalue weighted by molar-refractivity contribution is 6.33. The van der Waals surface area contributed by atoms with Crippen LogP contribution in [-0.2, 0) is 11.2 Å². The molecule has 11 heteroatoms. The molecule has 204 valence electrons. The zero-order valence-corrected chi connectivity index (χ0v) is 22.6. The Kier molecular flexibility index (Phi) is 8.75. The molecule has 0 bridgehead atoms. The molecule has 1 atom stereocenters. The van der Waals surface area contributed by atoms with Crippen molar-refractivity contribution in [1.29, 1.82) is 0 Å². The van der Waals surface area contributed by atoms with Gasteiger partial charge in [-0.2, -0.15) is 4.98 Å². The summed E-state index contributed by atoms with van der Waals surface area (Å²) in [6.45, 7) is 8.37. The number of hydrogen-bond donors (Lipinski definition) is 2. The minimum Gasteiger partial charge on any atom is -0.511 e. The van der Waals surface area contributed by atoms with Gasteiger partial charge in [0.25, 0.3) is 0 Å². The molecule has 1 aliphatic carbocycles. The predicted octanol–water partition coefficient (Wildman–Crippen LogP) is 4.82. The molecule has 0 aliphatic heterocycles. The lowest BCUT2D eigenvalue weighted by Crippen LogP contribution is -2.42. The lowest BCUT2D eigenvalue weighted by molar-refractivity contribution is -0.109. The van der Waals surface area contributed by atoms with Crippen molar-refractivity contribution in [1.82, 2.24) is 24.8 Å². The second kappa shape index (κ2) is 12.2. The third-order valence-corrected chi connectivity index (χ3v) is 6.89. The maximum atomic E-state index is 15.0. The maximum absolute atomic E-state index is 15.0. The normalized spacial score (nSPS) is 14.2. The van der Waals surface area contributed by atoms with Crippen molar-refractivity contribution >= 4 is 40.4 Å². The highest BCUT2D eigenvalue weighted by Crippen LogP contribution is 2.38. The summed E-state index contributed by atoms with van der Waals surface area (Å²) in [7, 11) is 0. The van der Waals surface area contributed by atoms with Gasteiger partial charge in [0.05, 0.1) is 21.7 Å². The molecule has 39 heavy (non-hydrogen) atoms. The first-order chi connectivity index (χ1) is 18.8. The number of carbonyl (C=O) groups excluding carboxylic acids is 1. The van der Waals surface area contributed by atoms with E-state index in [4.69, 9.17) is 16.6 Å². The fraction of sp³-hybridized carbons (Fsp3) is 0.321. The van der Waals surface area contributed by atoms with Crippen LogP contribution in [0, 0.1) is 0 Å². The van der Waals surface area contributed by atoms with Crippen molar-refractivity contribution in [2.45, 2.75) is 45.6 Å². The minimum atomic E-state index is -0.635. The molecule has 0 spiro atoms. The van der Waals surface area contributed by atoms with Gasteiger partial charge in [-0.15, -0.1) is 6.58 Å². The Balaban J connectivity index is 2.09. The van der Waals surface area contributed by atoms with Crippen LogP contribution >= 0.6 is 11.6 Å². The van der Waals surface area contributed by atoms with E-state index in [-0.39, 0.29) is 40.2 Å². The van der Waals surface area contributed by atoms with Crippen molar-refractivity contribution in [3.8, 4) is 5.82 Å². The van der Waals surface area contributed by atoms with E-state index in [2.05, 4.69) is 21.9 Å². The molecule has 2 N–H and O–H groups in total. The lowest BCUT2D eigenvalue weighted by atomic mass is 10.00. The molecule has 9 nitrogen and oxygen atoms in total. The van der Waals surface area contributed by atoms with Crippen molar-refractivity contribution in [3.63, 3.8) is 0 Å². The van der Waals surface area contributed by atoms with Crippen LogP contribution in [0.4, 0.5) is 10.2 Å². The van der Waals surface area contributed by atoms with Crippen molar-refractivity contribution < 1.29 is 14.3 Å². The van der Waals surface area contributed by atoms with Gasteiger partial charge in [0, 0.05) is 31.7 Å². The van der Waals surface area contributed by atoms with Gasteiger partial charge in [-0.25, -0.2) is 23.7 Å². The Morgan fingerprint density at radius 3 is 2.87 bits per heavy atom. The number of fused-ring (bicyclic) bond motifs is 1. The van der Waals surface area contributed by atoms with Gasteiger partial charge in [-0.3, -0.25) is 4.79 Å². The Bertz CT molecular complexity index is 1530. The molecule has 3 heterocycles. The van der Waals surface area contributed by atoms with Gasteiger partial charge < -0.3 is 15.3 Å². The van der Waals surface area contributed by atoms with E-state index in [0.717, 1.165) is 5.56 Å². The summed E-state index contributed by atoms with van der Waals surface area (Å²) in [6.07, 6.45) is 7.04. The van der Waals surface area contributed by atoms with Crippen molar-refractivity contribution in [2.75, 3.05) is 18.0 Å². The number of aliphatic hydroxyl groups is 1. The maximum Gasteiger partial charge on any atom is 0.357 e. The summed E-state index contributed by atoms with van der Waals surface area (Å²) < 4.78 is 16.2. The SMILES string of the molecule is C=CCCN(c1nc(=O)n(-c2ncccc2CC)c2nc(C3=C(O)CCC=C3F)c(Cl)cc12)C(C)CNC=O. The van der Waals surface area contributed by atoms with Gasteiger partial charge in [0.15, 0.2) is 5.65 Å². The van der Waals surface area contributed by atoms with Crippen LogP contribution in [0.2, 0.25) is 5.02 Å². The number of aromatic nitrogens is 4. The number of hydrogen-bond acceptors (Lipinski definition) is 7. The number of nitrogens with one attached hydrogen (secondary N) is 1. The van der Waals surface area contributed by atoms with Crippen LogP contribution in [-0.4, -0.2) is 50.2 Å². The molecule has 0 fully saturated rings. The number of halogens is 2. The van der Waals surface area contributed by atoms with Crippen LogP contribution in [0.1, 0.15) is 44.4 Å². The Morgan fingerprint density at radius 1 is 1.38 bits per heavy atom. The number of allylic oxidation sites excluding steroid dienone is 4. The van der Waals surface area contributed by atoms with Gasteiger partial charge in [0.2, 0.25) is 6.41 Å². The lowest BCUT2D eigenvalue weighted by Gasteiger charge is -2.31. The third kappa shape index (κ3) is 5.56. The smallest absolute Gasteiger partial charge is 0.357 e. The number of amides is 1. The number of anilines is 1. The molecule has 1 unspecified atom stereocenters. The second-order valence-electron chi connectivity index (χ2n) is 9.14. The van der Waals surface area contributed by atoms with Gasteiger partial charge >= 0.3 is 5.69 Å². The van der Waals surface area contributed by atoms with E-state index in [1.165, 1.54) is 10.6 Å². The van der Waals surface area contributed by atoms with E-state index in [9.17, 15) is 19.1 Å². The average molecular weight is 553 g/mol. The Hall–Kier alpha value is -4.05. The van der Waals surface area contributed by atoms with Crippen LogP contribution in [0.3, 0.4) is 0 Å². The number of carbonyl (C=O) groups is 1. The molecular weight excluding hydrogens is 523 g/mol. The zero-order chi connectivity index (χ0) is 28.1. The first kappa shape index (κ1) is 28.0. The monoisotopic (exact) mass is 552 g/mol. The third-order valence-electron chi connectivity index (χ3n) is 6.61. The predicted molar refractivity (Wildman–Crippen MR) is 151 cm³/mol. The van der Waals surface area contributed by atoms with Crippen LogP contribution in [0.25, 0.3) is 22.4 Å². The number of nitrogens with zero attached hydrogens (tertiary/aromatic N) is 5. The van der Waals surface area contributed by atoms with E-state index in [1.807, 2.05) is 24.8 Å². The number of aliphatic hydroxyl groups excluding tert-OH is 1. The van der Waals surface area contributed by atoms with E-state index >= 15 is 0 Å². The fourth-order valence-electron chi connectivity index (χ4n) is 4.64. The largest absolute Gasteiger partial charge is 0.511 e. The summed E-state index contributed by atoms with van der Waals surface area (Å²) >= 11 is 6.68. The fourth-order valence-corrected chi connectivity index (χ4v) is 4.89.